The monoisotopic (exact) mass is 420 g/mol. The molecule has 0 N–H and O–H groups in total. The van der Waals surface area contributed by atoms with Gasteiger partial charge in [0.15, 0.2) is 0 Å². The van der Waals surface area contributed by atoms with Crippen molar-refractivity contribution >= 4 is 0 Å². The first-order valence-corrected chi connectivity index (χ1v) is 11.3. The maximum Gasteiger partial charge on any atom is 0.116 e. The first kappa shape index (κ1) is 19.1. The molecule has 4 atom stereocenters. The average molecular weight is 421 g/mol. The maximum absolute atomic E-state index is 6.49. The van der Waals surface area contributed by atoms with Crippen LogP contribution in [0.2, 0.25) is 0 Å². The van der Waals surface area contributed by atoms with E-state index in [1.54, 1.807) is 18.7 Å². The molecule has 6 rings (SSSR count). The predicted octanol–water partition coefficient (Wildman–Crippen LogP) is 3.21. The molecule has 1 saturated heterocycles. The number of fused-ring (bicyclic) bond motifs is 1. The van der Waals surface area contributed by atoms with Crippen LogP contribution in [0, 0.1) is 17.8 Å². The van der Waals surface area contributed by atoms with E-state index in [2.05, 4.69) is 31.2 Å². The van der Waals surface area contributed by atoms with Gasteiger partial charge in [-0.15, -0.1) is 5.10 Å². The molecule has 8 nitrogen and oxygen atoms in total. The van der Waals surface area contributed by atoms with Crippen molar-refractivity contribution in [1.29, 1.82) is 0 Å². The number of ether oxygens (including phenoxy) is 1. The van der Waals surface area contributed by atoms with Crippen LogP contribution in [0.4, 0.5) is 0 Å². The molecule has 2 saturated carbocycles. The summed E-state index contributed by atoms with van der Waals surface area (Å²) in [5, 5.41) is 8.92. The Balaban J connectivity index is 1.20. The summed E-state index contributed by atoms with van der Waals surface area (Å²) in [4.78, 5) is 10.8. The third kappa shape index (κ3) is 4.14. The second-order valence-electron chi connectivity index (χ2n) is 9.41. The van der Waals surface area contributed by atoms with Crippen molar-refractivity contribution in [1.82, 2.24) is 29.9 Å². The Hall–Kier alpha value is -2.58. The minimum Gasteiger partial charge on any atom is -0.472 e. The van der Waals surface area contributed by atoms with Gasteiger partial charge in [-0.05, 0) is 49.5 Å². The molecule has 4 heterocycles. The van der Waals surface area contributed by atoms with Gasteiger partial charge in [-0.25, -0.2) is 14.6 Å². The Labute approximate surface area is 181 Å². The fraction of sp³-hybridized carbons (Fsp3) is 0.565. The fourth-order valence-corrected chi connectivity index (χ4v) is 5.26. The fourth-order valence-electron chi connectivity index (χ4n) is 5.26. The SMILES string of the molecule is c1ncc(-c2cn([C@@H]3C[C@@H]4CN(Cc5ccoc5)C[C@@H]4C[C@H]3OCC3CC3)nn2)cn1. The number of likely N-dealkylation sites (tertiary alicyclic amines) is 1. The van der Waals surface area contributed by atoms with Crippen LogP contribution in [-0.4, -0.2) is 55.7 Å². The molecule has 0 bridgehead atoms. The Bertz CT molecular complexity index is 987. The van der Waals surface area contributed by atoms with Gasteiger partial charge in [0.2, 0.25) is 0 Å². The standard InChI is InChI=1S/C23H28N6O2/c1-2-16(1)14-31-23-6-19-11-28(9-17-3-4-30-13-17)10-18(19)5-22(23)29-12-21(26-27-29)20-7-24-15-25-8-20/h3-4,7-8,12-13,15-16,18-19,22-23H,1-2,5-6,9-11,14H2/t18-,19+,22-,23-/m1/s1. The van der Waals surface area contributed by atoms with Crippen LogP contribution in [0.3, 0.4) is 0 Å². The second kappa shape index (κ2) is 8.16. The smallest absolute Gasteiger partial charge is 0.116 e. The van der Waals surface area contributed by atoms with Gasteiger partial charge in [0.05, 0.1) is 30.9 Å². The minimum atomic E-state index is 0.192. The summed E-state index contributed by atoms with van der Waals surface area (Å²) < 4.78 is 13.8. The Morgan fingerprint density at radius 2 is 1.94 bits per heavy atom. The topological polar surface area (TPSA) is 82.1 Å². The molecular weight excluding hydrogens is 392 g/mol. The molecule has 3 fully saturated rings. The summed E-state index contributed by atoms with van der Waals surface area (Å²) in [5.41, 5.74) is 2.96. The third-order valence-corrected chi connectivity index (χ3v) is 7.10. The summed E-state index contributed by atoms with van der Waals surface area (Å²) in [6.07, 6.45) is 15.7. The molecule has 0 unspecified atom stereocenters. The zero-order chi connectivity index (χ0) is 20.6. The van der Waals surface area contributed by atoms with Crippen molar-refractivity contribution in [3.8, 4) is 11.3 Å². The number of hydrogen-bond donors (Lipinski definition) is 0. The molecule has 1 aliphatic heterocycles. The predicted molar refractivity (Wildman–Crippen MR) is 113 cm³/mol. The highest BCUT2D eigenvalue weighted by Crippen LogP contribution is 2.43. The lowest BCUT2D eigenvalue weighted by molar-refractivity contribution is -0.0375. The zero-order valence-corrected chi connectivity index (χ0v) is 17.6. The van der Waals surface area contributed by atoms with Gasteiger partial charge >= 0.3 is 0 Å². The zero-order valence-electron chi connectivity index (χ0n) is 17.6. The Morgan fingerprint density at radius 1 is 1.10 bits per heavy atom. The molecule has 162 valence electrons. The summed E-state index contributed by atoms with van der Waals surface area (Å²) in [7, 11) is 0. The van der Waals surface area contributed by atoms with Crippen LogP contribution in [0.5, 0.6) is 0 Å². The molecule has 3 aromatic heterocycles. The van der Waals surface area contributed by atoms with Crippen LogP contribution in [0.1, 0.15) is 37.3 Å². The van der Waals surface area contributed by atoms with Gasteiger partial charge < -0.3 is 9.15 Å². The van der Waals surface area contributed by atoms with Gasteiger partial charge in [0.1, 0.15) is 12.0 Å². The molecular formula is C23H28N6O2. The Morgan fingerprint density at radius 3 is 2.71 bits per heavy atom. The normalized spacial score (nSPS) is 28.6. The first-order valence-electron chi connectivity index (χ1n) is 11.3. The lowest BCUT2D eigenvalue weighted by Crippen LogP contribution is -2.38. The van der Waals surface area contributed by atoms with Gasteiger partial charge in [-0.2, -0.15) is 0 Å². The van der Waals surface area contributed by atoms with Crippen molar-refractivity contribution in [3.63, 3.8) is 0 Å². The lowest BCUT2D eigenvalue weighted by atomic mass is 9.77. The van der Waals surface area contributed by atoms with Crippen LogP contribution in [0.25, 0.3) is 11.3 Å². The molecule has 0 aromatic carbocycles. The highest BCUT2D eigenvalue weighted by molar-refractivity contribution is 5.54. The van der Waals surface area contributed by atoms with Gasteiger partial charge in [-0.1, -0.05) is 5.21 Å². The number of furan rings is 1. The number of hydrogen-bond acceptors (Lipinski definition) is 7. The van der Waals surface area contributed by atoms with Crippen LogP contribution >= 0.6 is 0 Å². The summed E-state index contributed by atoms with van der Waals surface area (Å²) in [6, 6.07) is 2.29. The largest absolute Gasteiger partial charge is 0.472 e. The number of rotatable bonds is 7. The van der Waals surface area contributed by atoms with Gasteiger partial charge in [0, 0.05) is 49.8 Å². The van der Waals surface area contributed by atoms with Crippen LogP contribution in [-0.2, 0) is 11.3 Å². The third-order valence-electron chi connectivity index (χ3n) is 7.10. The molecule has 0 radical (unpaired) electrons. The Kier molecular flexibility index (Phi) is 5.04. The average Bonchev–Trinajstić information content (AvgIpc) is 3.18. The summed E-state index contributed by atoms with van der Waals surface area (Å²) in [5.74, 6) is 2.09. The van der Waals surface area contributed by atoms with Crippen LogP contribution in [0.15, 0.2) is 47.9 Å². The first-order chi connectivity index (χ1) is 15.3. The molecule has 31 heavy (non-hydrogen) atoms. The minimum absolute atomic E-state index is 0.192. The van der Waals surface area contributed by atoms with Crippen molar-refractivity contribution in [2.75, 3.05) is 19.7 Å². The highest BCUT2D eigenvalue weighted by atomic mass is 16.5. The van der Waals surface area contributed by atoms with Crippen molar-refractivity contribution < 1.29 is 9.15 Å². The van der Waals surface area contributed by atoms with Crippen LogP contribution < -0.4 is 0 Å². The highest BCUT2D eigenvalue weighted by Gasteiger charge is 2.44. The summed E-state index contributed by atoms with van der Waals surface area (Å²) in [6.45, 7) is 4.10. The van der Waals surface area contributed by atoms with E-state index >= 15 is 0 Å². The van der Waals surface area contributed by atoms with E-state index in [0.29, 0.717) is 11.8 Å². The molecule has 3 aliphatic rings. The van der Waals surface area contributed by atoms with E-state index in [1.807, 2.05) is 17.1 Å². The van der Waals surface area contributed by atoms with E-state index in [-0.39, 0.29) is 12.1 Å². The van der Waals surface area contributed by atoms with E-state index in [9.17, 15) is 0 Å². The van der Waals surface area contributed by atoms with Crippen molar-refractivity contribution in [2.45, 2.75) is 44.4 Å². The van der Waals surface area contributed by atoms with Crippen molar-refractivity contribution in [3.05, 3.63) is 49.1 Å². The molecule has 0 amide bonds. The quantitative estimate of drug-likeness (QED) is 0.580. The van der Waals surface area contributed by atoms with Gasteiger partial charge in [-0.3, -0.25) is 4.90 Å². The van der Waals surface area contributed by atoms with E-state index < -0.39 is 0 Å². The van der Waals surface area contributed by atoms with Gasteiger partial charge in [0.25, 0.3) is 0 Å². The van der Waals surface area contributed by atoms with Crippen molar-refractivity contribution in [2.24, 2.45) is 17.8 Å². The molecule has 8 heteroatoms. The lowest BCUT2D eigenvalue weighted by Gasteiger charge is -2.37. The van der Waals surface area contributed by atoms with E-state index in [1.165, 1.54) is 24.7 Å². The molecule has 0 spiro atoms. The maximum atomic E-state index is 6.49. The molecule has 3 aromatic rings. The number of aromatic nitrogens is 5. The molecule has 2 aliphatic carbocycles. The van der Waals surface area contributed by atoms with E-state index in [0.717, 1.165) is 56.3 Å². The van der Waals surface area contributed by atoms with E-state index in [4.69, 9.17) is 9.15 Å². The summed E-state index contributed by atoms with van der Waals surface area (Å²) >= 11 is 0. The number of nitrogens with zero attached hydrogens (tertiary/aromatic N) is 6. The second-order valence-corrected chi connectivity index (χ2v) is 9.41.